The maximum atomic E-state index is 4.25. The Morgan fingerprint density at radius 2 is 2.09 bits per heavy atom. The van der Waals surface area contributed by atoms with Gasteiger partial charge in [-0.2, -0.15) is 5.10 Å². The monoisotopic (exact) mass is 162 g/mol. The molecule has 0 aliphatic rings. The van der Waals surface area contributed by atoms with Crippen molar-refractivity contribution >= 4 is 23.5 Å². The summed E-state index contributed by atoms with van der Waals surface area (Å²) >= 11 is 4.25. The van der Waals surface area contributed by atoms with Crippen LogP contribution in [0.4, 0.5) is 0 Å². The summed E-state index contributed by atoms with van der Waals surface area (Å²) < 4.78 is 0. The largest absolute Gasteiger partial charge is 0.158 e. The molecule has 0 amide bonds. The molecule has 0 atom stereocenters. The molecule has 2 nitrogen and oxygen atoms in total. The first-order chi connectivity index (χ1) is 5.38. The quantitative estimate of drug-likeness (QED) is 0.599. The van der Waals surface area contributed by atoms with Crippen LogP contribution in [0.25, 0.3) is 10.9 Å². The van der Waals surface area contributed by atoms with Gasteiger partial charge in [-0.15, -0.1) is 17.7 Å². The molecule has 54 valence electrons. The summed E-state index contributed by atoms with van der Waals surface area (Å²) in [5.74, 6) is 0. The normalized spacial score (nSPS) is 10.3. The van der Waals surface area contributed by atoms with Gasteiger partial charge < -0.3 is 0 Å². The van der Waals surface area contributed by atoms with Gasteiger partial charge in [0.25, 0.3) is 0 Å². The Morgan fingerprint density at radius 1 is 1.18 bits per heavy atom. The first-order valence-electron chi connectivity index (χ1n) is 3.27. The second kappa shape index (κ2) is 2.51. The lowest BCUT2D eigenvalue weighted by atomic mass is 10.2. The van der Waals surface area contributed by atoms with E-state index < -0.39 is 0 Å². The van der Waals surface area contributed by atoms with Gasteiger partial charge in [0, 0.05) is 10.3 Å². The van der Waals surface area contributed by atoms with E-state index in [4.69, 9.17) is 0 Å². The predicted molar refractivity (Wildman–Crippen MR) is 46.8 cm³/mol. The van der Waals surface area contributed by atoms with Gasteiger partial charge in [0.05, 0.1) is 6.20 Å². The van der Waals surface area contributed by atoms with Gasteiger partial charge in [-0.05, 0) is 12.1 Å². The molecule has 1 aromatic heterocycles. The molecule has 0 aliphatic carbocycles. The SMILES string of the molecule is Sc1cccc2ccnnc12. The third kappa shape index (κ3) is 1.07. The maximum absolute atomic E-state index is 4.25. The molecule has 11 heavy (non-hydrogen) atoms. The van der Waals surface area contributed by atoms with Gasteiger partial charge in [0.1, 0.15) is 5.52 Å². The van der Waals surface area contributed by atoms with Crippen molar-refractivity contribution in [1.29, 1.82) is 0 Å². The number of hydrogen-bond donors (Lipinski definition) is 1. The highest BCUT2D eigenvalue weighted by molar-refractivity contribution is 7.80. The number of aromatic nitrogens is 2. The fraction of sp³-hybridized carbons (Fsp3) is 0. The predicted octanol–water partition coefficient (Wildman–Crippen LogP) is 1.92. The summed E-state index contributed by atoms with van der Waals surface area (Å²) in [7, 11) is 0. The summed E-state index contributed by atoms with van der Waals surface area (Å²) in [5, 5.41) is 8.81. The van der Waals surface area contributed by atoms with Crippen LogP contribution in [0.1, 0.15) is 0 Å². The molecule has 0 spiro atoms. The highest BCUT2D eigenvalue weighted by Crippen LogP contribution is 2.17. The average molecular weight is 162 g/mol. The van der Waals surface area contributed by atoms with Crippen LogP contribution in [0.5, 0.6) is 0 Å². The van der Waals surface area contributed by atoms with Crippen molar-refractivity contribution in [2.45, 2.75) is 4.90 Å². The van der Waals surface area contributed by atoms with Gasteiger partial charge >= 0.3 is 0 Å². The second-order valence-electron chi connectivity index (χ2n) is 2.25. The van der Waals surface area contributed by atoms with E-state index in [1.165, 1.54) is 0 Å². The summed E-state index contributed by atoms with van der Waals surface area (Å²) in [6.45, 7) is 0. The molecule has 0 N–H and O–H groups in total. The Morgan fingerprint density at radius 3 is 2.91 bits per heavy atom. The lowest BCUT2D eigenvalue weighted by Crippen LogP contribution is -1.82. The van der Waals surface area contributed by atoms with Crippen molar-refractivity contribution in [3.63, 3.8) is 0 Å². The van der Waals surface area contributed by atoms with E-state index in [9.17, 15) is 0 Å². The molecule has 2 aromatic rings. The summed E-state index contributed by atoms with van der Waals surface area (Å²) in [6, 6.07) is 7.76. The van der Waals surface area contributed by atoms with Crippen LogP contribution in [-0.2, 0) is 0 Å². The molecule has 1 aromatic carbocycles. The van der Waals surface area contributed by atoms with E-state index in [1.54, 1.807) is 6.20 Å². The zero-order valence-electron chi connectivity index (χ0n) is 5.73. The second-order valence-corrected chi connectivity index (χ2v) is 2.73. The molecule has 2 rings (SSSR count). The number of nitrogens with zero attached hydrogens (tertiary/aromatic N) is 2. The molecule has 0 unspecified atom stereocenters. The van der Waals surface area contributed by atoms with E-state index in [-0.39, 0.29) is 0 Å². The number of hydrogen-bond acceptors (Lipinski definition) is 3. The van der Waals surface area contributed by atoms with Crippen LogP contribution in [0.2, 0.25) is 0 Å². The van der Waals surface area contributed by atoms with Crippen molar-refractivity contribution in [3.05, 3.63) is 30.5 Å². The van der Waals surface area contributed by atoms with E-state index in [2.05, 4.69) is 22.8 Å². The summed E-state index contributed by atoms with van der Waals surface area (Å²) in [4.78, 5) is 0.871. The maximum Gasteiger partial charge on any atom is 0.106 e. The number of rotatable bonds is 0. The minimum atomic E-state index is 0.860. The first-order valence-corrected chi connectivity index (χ1v) is 3.72. The molecule has 1 heterocycles. The molecule has 0 fully saturated rings. The van der Waals surface area contributed by atoms with Crippen molar-refractivity contribution in [2.75, 3.05) is 0 Å². The van der Waals surface area contributed by atoms with Gasteiger partial charge in [0.15, 0.2) is 0 Å². The minimum Gasteiger partial charge on any atom is -0.158 e. The number of fused-ring (bicyclic) bond motifs is 1. The van der Waals surface area contributed by atoms with Crippen molar-refractivity contribution in [3.8, 4) is 0 Å². The van der Waals surface area contributed by atoms with Gasteiger partial charge in [0.2, 0.25) is 0 Å². The van der Waals surface area contributed by atoms with Crippen molar-refractivity contribution in [1.82, 2.24) is 10.2 Å². The Balaban J connectivity index is 2.91. The molecule has 0 aliphatic heterocycles. The van der Waals surface area contributed by atoms with Crippen molar-refractivity contribution < 1.29 is 0 Å². The molecule has 0 radical (unpaired) electrons. The molecule has 0 saturated heterocycles. The van der Waals surface area contributed by atoms with E-state index in [1.807, 2.05) is 24.3 Å². The number of benzene rings is 1. The Labute approximate surface area is 69.7 Å². The van der Waals surface area contributed by atoms with E-state index >= 15 is 0 Å². The number of thiol groups is 1. The van der Waals surface area contributed by atoms with Crippen LogP contribution in [-0.4, -0.2) is 10.2 Å². The van der Waals surface area contributed by atoms with Crippen LogP contribution in [0, 0.1) is 0 Å². The standard InChI is InChI=1S/C8H6N2S/c11-7-3-1-2-6-4-5-9-10-8(6)7/h1-5,11H. The molecular formula is C8H6N2S. The lowest BCUT2D eigenvalue weighted by molar-refractivity contribution is 1.06. The lowest BCUT2D eigenvalue weighted by Gasteiger charge is -1.95. The summed E-state index contributed by atoms with van der Waals surface area (Å²) in [6.07, 6.45) is 1.68. The zero-order valence-corrected chi connectivity index (χ0v) is 6.62. The Bertz CT molecular complexity index is 381. The minimum absolute atomic E-state index is 0.860. The van der Waals surface area contributed by atoms with Gasteiger partial charge in [-0.25, -0.2) is 0 Å². The fourth-order valence-electron chi connectivity index (χ4n) is 0.997. The van der Waals surface area contributed by atoms with E-state index in [0.717, 1.165) is 15.8 Å². The van der Waals surface area contributed by atoms with Crippen LogP contribution >= 0.6 is 12.6 Å². The zero-order chi connectivity index (χ0) is 7.68. The van der Waals surface area contributed by atoms with Crippen LogP contribution in [0.3, 0.4) is 0 Å². The summed E-state index contributed by atoms with van der Waals surface area (Å²) in [5.41, 5.74) is 0.860. The Kier molecular flexibility index (Phi) is 1.51. The highest BCUT2D eigenvalue weighted by atomic mass is 32.1. The first kappa shape index (κ1) is 6.61. The fourth-order valence-corrected chi connectivity index (χ4v) is 1.26. The molecular weight excluding hydrogens is 156 g/mol. The molecule has 3 heteroatoms. The van der Waals surface area contributed by atoms with Gasteiger partial charge in [-0.3, -0.25) is 0 Å². The average Bonchev–Trinajstić information content (AvgIpc) is 2.06. The van der Waals surface area contributed by atoms with Crippen LogP contribution < -0.4 is 0 Å². The van der Waals surface area contributed by atoms with Gasteiger partial charge in [-0.1, -0.05) is 12.1 Å². The third-order valence-corrected chi connectivity index (χ3v) is 1.89. The van der Waals surface area contributed by atoms with Crippen LogP contribution in [0.15, 0.2) is 35.4 Å². The highest BCUT2D eigenvalue weighted by Gasteiger charge is 1.95. The molecule has 0 saturated carbocycles. The third-order valence-electron chi connectivity index (χ3n) is 1.52. The Hall–Kier alpha value is -1.09. The van der Waals surface area contributed by atoms with E-state index in [0.29, 0.717) is 0 Å². The smallest absolute Gasteiger partial charge is 0.106 e. The molecule has 0 bridgehead atoms. The van der Waals surface area contributed by atoms with Crippen molar-refractivity contribution in [2.24, 2.45) is 0 Å². The topological polar surface area (TPSA) is 25.8 Å².